The lowest BCUT2D eigenvalue weighted by molar-refractivity contribution is 0.258. The van der Waals surface area contributed by atoms with Crippen molar-refractivity contribution in [2.45, 2.75) is 13.0 Å². The summed E-state index contributed by atoms with van der Waals surface area (Å²) in [6.07, 6.45) is 4.44. The molecule has 0 aliphatic heterocycles. The Morgan fingerprint density at radius 1 is 1.29 bits per heavy atom. The molecule has 4 nitrogen and oxygen atoms in total. The van der Waals surface area contributed by atoms with E-state index in [0.717, 1.165) is 30.8 Å². The van der Waals surface area contributed by atoms with Gasteiger partial charge in [-0.25, -0.2) is 0 Å². The van der Waals surface area contributed by atoms with E-state index in [0.29, 0.717) is 11.6 Å². The fraction of sp³-hybridized carbons (Fsp3) is 0.312. The molecule has 1 aromatic carbocycles. The SMILES string of the molecule is CN(CCCOc1ccc(C(N)=S)cc1)Cc1ccoc1. The summed E-state index contributed by atoms with van der Waals surface area (Å²) in [6.45, 7) is 2.54. The smallest absolute Gasteiger partial charge is 0.119 e. The molecule has 0 saturated heterocycles. The Morgan fingerprint density at radius 2 is 2.05 bits per heavy atom. The van der Waals surface area contributed by atoms with Crippen molar-refractivity contribution in [3.8, 4) is 5.75 Å². The van der Waals surface area contributed by atoms with E-state index in [9.17, 15) is 0 Å². The molecule has 0 saturated carbocycles. The van der Waals surface area contributed by atoms with Crippen LogP contribution >= 0.6 is 12.2 Å². The largest absolute Gasteiger partial charge is 0.494 e. The second kappa shape index (κ2) is 7.81. The quantitative estimate of drug-likeness (QED) is 0.600. The molecule has 2 aromatic rings. The van der Waals surface area contributed by atoms with Crippen LogP contribution in [-0.4, -0.2) is 30.1 Å². The molecule has 2 N–H and O–H groups in total. The number of hydrogen-bond donors (Lipinski definition) is 1. The van der Waals surface area contributed by atoms with Gasteiger partial charge in [0.05, 0.1) is 19.1 Å². The molecule has 1 aromatic heterocycles. The fourth-order valence-corrected chi connectivity index (χ4v) is 2.15. The van der Waals surface area contributed by atoms with Gasteiger partial charge in [-0.3, -0.25) is 0 Å². The van der Waals surface area contributed by atoms with Crippen molar-refractivity contribution in [3.63, 3.8) is 0 Å². The molecule has 0 atom stereocenters. The lowest BCUT2D eigenvalue weighted by Crippen LogP contribution is -2.20. The van der Waals surface area contributed by atoms with Crippen LogP contribution in [0.5, 0.6) is 5.75 Å². The maximum Gasteiger partial charge on any atom is 0.119 e. The van der Waals surface area contributed by atoms with E-state index < -0.39 is 0 Å². The average molecular weight is 304 g/mol. The first-order valence-corrected chi connectivity index (χ1v) is 7.28. The molecule has 5 heteroatoms. The summed E-state index contributed by atoms with van der Waals surface area (Å²) >= 11 is 4.91. The molecule has 0 radical (unpaired) electrons. The Hall–Kier alpha value is -1.85. The zero-order valence-electron chi connectivity index (χ0n) is 12.1. The first kappa shape index (κ1) is 15.5. The number of nitrogens with two attached hydrogens (primary N) is 1. The molecule has 0 amide bonds. The summed E-state index contributed by atoms with van der Waals surface area (Å²) in [5.74, 6) is 0.840. The molecular formula is C16H20N2O2S. The van der Waals surface area contributed by atoms with Crippen molar-refractivity contribution in [1.29, 1.82) is 0 Å². The molecule has 0 bridgehead atoms. The molecule has 0 unspecified atom stereocenters. The van der Waals surface area contributed by atoms with Crippen LogP contribution in [0.15, 0.2) is 47.3 Å². The van der Waals surface area contributed by atoms with E-state index in [4.69, 9.17) is 27.1 Å². The van der Waals surface area contributed by atoms with Crippen molar-refractivity contribution in [1.82, 2.24) is 4.90 Å². The van der Waals surface area contributed by atoms with Gasteiger partial charge in [0.1, 0.15) is 10.7 Å². The van der Waals surface area contributed by atoms with Gasteiger partial charge in [0, 0.05) is 24.2 Å². The third-order valence-corrected chi connectivity index (χ3v) is 3.36. The highest BCUT2D eigenvalue weighted by molar-refractivity contribution is 7.80. The van der Waals surface area contributed by atoms with E-state index in [1.807, 2.05) is 30.3 Å². The average Bonchev–Trinajstić information content (AvgIpc) is 2.97. The summed E-state index contributed by atoms with van der Waals surface area (Å²) in [7, 11) is 2.09. The zero-order chi connectivity index (χ0) is 15.1. The summed E-state index contributed by atoms with van der Waals surface area (Å²) in [4.78, 5) is 2.65. The lowest BCUT2D eigenvalue weighted by atomic mass is 10.2. The number of rotatable bonds is 8. The van der Waals surface area contributed by atoms with Crippen molar-refractivity contribution in [2.75, 3.05) is 20.2 Å². The maximum atomic E-state index is 5.70. The van der Waals surface area contributed by atoms with Gasteiger partial charge in [0.15, 0.2) is 0 Å². The van der Waals surface area contributed by atoms with E-state index >= 15 is 0 Å². The van der Waals surface area contributed by atoms with E-state index in [1.54, 1.807) is 12.5 Å². The normalized spacial score (nSPS) is 10.8. The van der Waals surface area contributed by atoms with Crippen LogP contribution in [-0.2, 0) is 6.54 Å². The Labute approximate surface area is 130 Å². The molecule has 112 valence electrons. The molecule has 0 aliphatic rings. The van der Waals surface area contributed by atoms with Gasteiger partial charge < -0.3 is 19.8 Å². The summed E-state index contributed by atoms with van der Waals surface area (Å²) in [6, 6.07) is 9.52. The van der Waals surface area contributed by atoms with Crippen LogP contribution in [0.4, 0.5) is 0 Å². The van der Waals surface area contributed by atoms with Crippen LogP contribution in [0, 0.1) is 0 Å². The Morgan fingerprint density at radius 3 is 2.67 bits per heavy atom. The number of benzene rings is 1. The van der Waals surface area contributed by atoms with Gasteiger partial charge >= 0.3 is 0 Å². The topological polar surface area (TPSA) is 51.6 Å². The molecule has 1 heterocycles. The summed E-state index contributed by atoms with van der Waals surface area (Å²) < 4.78 is 10.8. The Bertz CT molecular complexity index is 552. The predicted molar refractivity (Wildman–Crippen MR) is 87.5 cm³/mol. The molecular weight excluding hydrogens is 284 g/mol. The molecule has 0 aliphatic carbocycles. The highest BCUT2D eigenvalue weighted by Gasteiger charge is 2.02. The van der Waals surface area contributed by atoms with E-state index in [1.165, 1.54) is 5.56 Å². The predicted octanol–water partition coefficient (Wildman–Crippen LogP) is 2.81. The van der Waals surface area contributed by atoms with Gasteiger partial charge in [-0.15, -0.1) is 0 Å². The van der Waals surface area contributed by atoms with Gasteiger partial charge in [-0.05, 0) is 43.8 Å². The van der Waals surface area contributed by atoms with Crippen LogP contribution in [0.2, 0.25) is 0 Å². The van der Waals surface area contributed by atoms with E-state index in [-0.39, 0.29) is 0 Å². The van der Waals surface area contributed by atoms with E-state index in [2.05, 4.69) is 11.9 Å². The van der Waals surface area contributed by atoms with Crippen molar-refractivity contribution < 1.29 is 9.15 Å². The number of nitrogens with zero attached hydrogens (tertiary/aromatic N) is 1. The minimum Gasteiger partial charge on any atom is -0.494 e. The number of ether oxygens (including phenoxy) is 1. The third kappa shape index (κ3) is 5.21. The third-order valence-electron chi connectivity index (χ3n) is 3.12. The minimum atomic E-state index is 0.405. The van der Waals surface area contributed by atoms with Gasteiger partial charge in [0.2, 0.25) is 0 Å². The maximum absolute atomic E-state index is 5.70. The van der Waals surface area contributed by atoms with Gasteiger partial charge in [-0.1, -0.05) is 12.2 Å². The Kier molecular flexibility index (Phi) is 5.78. The number of thiocarbonyl (C=S) groups is 1. The first-order chi connectivity index (χ1) is 10.1. The molecule has 0 spiro atoms. The minimum absolute atomic E-state index is 0.405. The Balaban J connectivity index is 1.66. The molecule has 0 fully saturated rings. The number of hydrogen-bond acceptors (Lipinski definition) is 4. The van der Waals surface area contributed by atoms with Crippen LogP contribution in [0.25, 0.3) is 0 Å². The van der Waals surface area contributed by atoms with Crippen LogP contribution in [0.1, 0.15) is 17.5 Å². The number of furan rings is 1. The monoisotopic (exact) mass is 304 g/mol. The van der Waals surface area contributed by atoms with Crippen LogP contribution < -0.4 is 10.5 Å². The van der Waals surface area contributed by atoms with Crippen molar-refractivity contribution >= 4 is 17.2 Å². The standard InChI is InChI=1S/C16H20N2O2S/c1-18(11-13-7-10-19-12-13)8-2-9-20-15-5-3-14(4-6-15)16(17)21/h3-7,10,12H,2,8-9,11H2,1H3,(H2,17,21). The summed E-state index contributed by atoms with van der Waals surface area (Å²) in [5, 5.41) is 0. The summed E-state index contributed by atoms with van der Waals surface area (Å²) in [5.41, 5.74) is 7.60. The zero-order valence-corrected chi connectivity index (χ0v) is 12.9. The van der Waals surface area contributed by atoms with Gasteiger partial charge in [0.25, 0.3) is 0 Å². The second-order valence-electron chi connectivity index (χ2n) is 4.96. The molecule has 21 heavy (non-hydrogen) atoms. The highest BCUT2D eigenvalue weighted by atomic mass is 32.1. The van der Waals surface area contributed by atoms with Gasteiger partial charge in [-0.2, -0.15) is 0 Å². The lowest BCUT2D eigenvalue weighted by Gasteiger charge is -2.15. The van der Waals surface area contributed by atoms with Crippen LogP contribution in [0.3, 0.4) is 0 Å². The van der Waals surface area contributed by atoms with Crippen molar-refractivity contribution in [3.05, 3.63) is 54.0 Å². The highest BCUT2D eigenvalue weighted by Crippen LogP contribution is 2.12. The fourth-order valence-electron chi connectivity index (χ4n) is 2.01. The first-order valence-electron chi connectivity index (χ1n) is 6.87. The van der Waals surface area contributed by atoms with Crippen molar-refractivity contribution in [2.24, 2.45) is 5.73 Å². The second-order valence-corrected chi connectivity index (χ2v) is 5.40. The molecule has 2 rings (SSSR count).